The zero-order chi connectivity index (χ0) is 15.7. The molecule has 1 amide bonds. The summed E-state index contributed by atoms with van der Waals surface area (Å²) in [7, 11) is 3.95. The van der Waals surface area contributed by atoms with E-state index in [2.05, 4.69) is 19.2 Å². The minimum Gasteiger partial charge on any atom is -0.481 e. The van der Waals surface area contributed by atoms with Gasteiger partial charge in [0.1, 0.15) is 0 Å². The molecule has 0 aromatic rings. The van der Waals surface area contributed by atoms with Gasteiger partial charge in [-0.1, -0.05) is 26.0 Å². The van der Waals surface area contributed by atoms with Gasteiger partial charge in [0.25, 0.3) is 0 Å². The van der Waals surface area contributed by atoms with Crippen molar-refractivity contribution in [2.75, 3.05) is 20.6 Å². The first kappa shape index (κ1) is 16.0. The van der Waals surface area contributed by atoms with Crippen molar-refractivity contribution in [2.45, 2.75) is 26.3 Å². The Morgan fingerprint density at radius 1 is 1.24 bits per heavy atom. The van der Waals surface area contributed by atoms with Crippen LogP contribution in [0.4, 0.5) is 0 Å². The Balaban J connectivity index is 2.08. The number of nitrogens with one attached hydrogen (secondary N) is 1. The molecular formula is C16H26N2O3. The van der Waals surface area contributed by atoms with E-state index < -0.39 is 17.8 Å². The molecule has 0 heterocycles. The Morgan fingerprint density at radius 2 is 1.81 bits per heavy atom. The zero-order valence-corrected chi connectivity index (χ0v) is 13.2. The van der Waals surface area contributed by atoms with E-state index in [1.165, 1.54) is 0 Å². The first-order chi connectivity index (χ1) is 9.81. The van der Waals surface area contributed by atoms with Crippen molar-refractivity contribution in [1.82, 2.24) is 10.2 Å². The van der Waals surface area contributed by atoms with Crippen LogP contribution < -0.4 is 5.32 Å². The lowest BCUT2D eigenvalue weighted by Gasteiger charge is -2.30. The second kappa shape index (κ2) is 6.18. The van der Waals surface area contributed by atoms with E-state index in [4.69, 9.17) is 0 Å². The van der Waals surface area contributed by atoms with Gasteiger partial charge in [0.15, 0.2) is 0 Å². The zero-order valence-electron chi connectivity index (χ0n) is 13.2. The van der Waals surface area contributed by atoms with Crippen LogP contribution in [0.5, 0.6) is 0 Å². The maximum absolute atomic E-state index is 12.6. The highest BCUT2D eigenvalue weighted by molar-refractivity contribution is 5.87. The summed E-state index contributed by atoms with van der Waals surface area (Å²) in [6, 6.07) is 0.0463. The number of nitrogens with zero attached hydrogens (tertiary/aromatic N) is 1. The molecule has 5 unspecified atom stereocenters. The van der Waals surface area contributed by atoms with Crippen LogP contribution in [0.15, 0.2) is 12.2 Å². The number of rotatable bonds is 6. The second-order valence-corrected chi connectivity index (χ2v) is 6.96. The molecule has 2 N–H and O–H groups in total. The molecule has 2 aliphatic carbocycles. The minimum atomic E-state index is -0.847. The van der Waals surface area contributed by atoms with Gasteiger partial charge in [-0.05, 0) is 38.3 Å². The lowest BCUT2D eigenvalue weighted by Crippen LogP contribution is -2.49. The van der Waals surface area contributed by atoms with Crippen molar-refractivity contribution < 1.29 is 14.7 Å². The van der Waals surface area contributed by atoms with Gasteiger partial charge in [0.2, 0.25) is 5.91 Å². The van der Waals surface area contributed by atoms with E-state index in [9.17, 15) is 14.7 Å². The third-order valence-electron chi connectivity index (χ3n) is 4.74. The minimum absolute atomic E-state index is 0.0228. The molecule has 0 aromatic heterocycles. The Morgan fingerprint density at radius 3 is 2.29 bits per heavy atom. The summed E-state index contributed by atoms with van der Waals surface area (Å²) in [4.78, 5) is 26.1. The molecule has 0 radical (unpaired) electrons. The van der Waals surface area contributed by atoms with E-state index in [1.54, 1.807) is 0 Å². The van der Waals surface area contributed by atoms with Crippen LogP contribution in [0, 0.1) is 29.6 Å². The second-order valence-electron chi connectivity index (χ2n) is 6.96. The average Bonchev–Trinajstić information content (AvgIpc) is 2.96. The summed E-state index contributed by atoms with van der Waals surface area (Å²) >= 11 is 0. The first-order valence-corrected chi connectivity index (χ1v) is 7.67. The number of carbonyl (C=O) groups is 2. The standard InChI is InChI=1S/C16H26N2O3/c1-9(2)12(8-18(3)4)17-15(19)13-10-5-6-11(7-10)14(13)16(20)21/h5-6,9-14H,7-8H2,1-4H3,(H,17,19)(H,20,21). The van der Waals surface area contributed by atoms with Gasteiger partial charge < -0.3 is 15.3 Å². The number of amides is 1. The molecule has 0 saturated heterocycles. The van der Waals surface area contributed by atoms with E-state index >= 15 is 0 Å². The summed E-state index contributed by atoms with van der Waals surface area (Å²) in [6.07, 6.45) is 4.78. The van der Waals surface area contributed by atoms with E-state index in [0.717, 1.165) is 13.0 Å². The van der Waals surface area contributed by atoms with Crippen LogP contribution in [0.2, 0.25) is 0 Å². The lowest BCUT2D eigenvalue weighted by molar-refractivity contribution is -0.148. The molecular weight excluding hydrogens is 268 g/mol. The molecule has 5 atom stereocenters. The van der Waals surface area contributed by atoms with Gasteiger partial charge >= 0.3 is 5.97 Å². The molecule has 21 heavy (non-hydrogen) atoms. The number of hydrogen-bond donors (Lipinski definition) is 2. The number of fused-ring (bicyclic) bond motifs is 2. The van der Waals surface area contributed by atoms with Crippen molar-refractivity contribution in [3.05, 3.63) is 12.2 Å². The highest BCUT2D eigenvalue weighted by Crippen LogP contribution is 2.48. The number of hydrogen-bond acceptors (Lipinski definition) is 3. The Bertz CT molecular complexity index is 445. The summed E-state index contributed by atoms with van der Waals surface area (Å²) in [6.45, 7) is 4.91. The molecule has 0 aliphatic heterocycles. The summed E-state index contributed by atoms with van der Waals surface area (Å²) in [5, 5.41) is 12.5. The maximum Gasteiger partial charge on any atom is 0.307 e. The van der Waals surface area contributed by atoms with Crippen LogP contribution in [-0.2, 0) is 9.59 Å². The van der Waals surface area contributed by atoms with Gasteiger partial charge in [-0.15, -0.1) is 0 Å². The fraction of sp³-hybridized carbons (Fsp3) is 0.750. The number of allylic oxidation sites excluding steroid dienone is 2. The van der Waals surface area contributed by atoms with Crippen LogP contribution in [0.3, 0.4) is 0 Å². The van der Waals surface area contributed by atoms with E-state index in [-0.39, 0.29) is 23.8 Å². The molecule has 1 saturated carbocycles. The Labute approximate surface area is 126 Å². The fourth-order valence-electron chi connectivity index (χ4n) is 3.61. The summed E-state index contributed by atoms with van der Waals surface area (Å²) in [5.74, 6) is -1.50. The molecule has 118 valence electrons. The van der Waals surface area contributed by atoms with Gasteiger partial charge in [0.05, 0.1) is 11.8 Å². The lowest BCUT2D eigenvalue weighted by atomic mass is 9.82. The van der Waals surface area contributed by atoms with Crippen LogP contribution in [0.1, 0.15) is 20.3 Å². The fourth-order valence-corrected chi connectivity index (χ4v) is 3.61. The molecule has 0 spiro atoms. The molecule has 2 aliphatic rings. The van der Waals surface area contributed by atoms with Gasteiger partial charge in [-0.25, -0.2) is 0 Å². The largest absolute Gasteiger partial charge is 0.481 e. The number of aliphatic carboxylic acids is 1. The average molecular weight is 294 g/mol. The first-order valence-electron chi connectivity index (χ1n) is 7.67. The van der Waals surface area contributed by atoms with Crippen LogP contribution in [-0.4, -0.2) is 48.6 Å². The van der Waals surface area contributed by atoms with Gasteiger partial charge in [-0.3, -0.25) is 9.59 Å². The number of carboxylic acids is 1. The quantitative estimate of drug-likeness (QED) is 0.723. The van der Waals surface area contributed by atoms with Gasteiger partial charge in [-0.2, -0.15) is 0 Å². The molecule has 5 nitrogen and oxygen atoms in total. The summed E-state index contributed by atoms with van der Waals surface area (Å²) in [5.41, 5.74) is 0. The highest BCUT2D eigenvalue weighted by atomic mass is 16.4. The Hall–Kier alpha value is -1.36. The number of carboxylic acid groups (broad SMARTS) is 1. The Kier molecular flexibility index (Phi) is 4.71. The van der Waals surface area contributed by atoms with Crippen LogP contribution in [0.25, 0.3) is 0 Å². The number of carbonyl (C=O) groups excluding carboxylic acids is 1. The van der Waals surface area contributed by atoms with Crippen molar-refractivity contribution in [3.63, 3.8) is 0 Å². The van der Waals surface area contributed by atoms with E-state index in [1.807, 2.05) is 31.1 Å². The van der Waals surface area contributed by atoms with Crippen LogP contribution >= 0.6 is 0 Å². The molecule has 2 rings (SSSR count). The van der Waals surface area contributed by atoms with Crippen molar-refractivity contribution >= 4 is 11.9 Å². The highest BCUT2D eigenvalue weighted by Gasteiger charge is 2.51. The van der Waals surface area contributed by atoms with Crippen molar-refractivity contribution in [1.29, 1.82) is 0 Å². The molecule has 0 aromatic carbocycles. The molecule has 1 fully saturated rings. The normalized spacial score (nSPS) is 31.9. The predicted octanol–water partition coefficient (Wildman–Crippen LogP) is 1.21. The topological polar surface area (TPSA) is 69.6 Å². The maximum atomic E-state index is 12.6. The van der Waals surface area contributed by atoms with Crippen molar-refractivity contribution in [3.8, 4) is 0 Å². The predicted molar refractivity (Wildman–Crippen MR) is 80.7 cm³/mol. The molecule has 2 bridgehead atoms. The smallest absolute Gasteiger partial charge is 0.307 e. The monoisotopic (exact) mass is 294 g/mol. The van der Waals surface area contributed by atoms with Gasteiger partial charge in [0, 0.05) is 12.6 Å². The SMILES string of the molecule is CC(C)C(CN(C)C)NC(=O)C1C2C=CC(C2)C1C(=O)O. The third-order valence-corrected chi connectivity index (χ3v) is 4.74. The number of likely N-dealkylation sites (N-methyl/N-ethyl adjacent to an activating group) is 1. The summed E-state index contributed by atoms with van der Waals surface area (Å²) < 4.78 is 0. The molecule has 5 heteroatoms. The van der Waals surface area contributed by atoms with E-state index in [0.29, 0.717) is 5.92 Å². The third kappa shape index (κ3) is 3.28. The van der Waals surface area contributed by atoms with Crippen molar-refractivity contribution in [2.24, 2.45) is 29.6 Å².